The number of urea groups is 1. The van der Waals surface area contributed by atoms with Crippen molar-refractivity contribution in [3.8, 4) is 11.5 Å². The highest BCUT2D eigenvalue weighted by molar-refractivity contribution is 7.09. The highest BCUT2D eigenvalue weighted by atomic mass is 32.1. The number of hydrogen-bond donors (Lipinski definition) is 2. The molecule has 21 heavy (non-hydrogen) atoms. The molecule has 0 aliphatic rings. The Hall–Kier alpha value is -2.47. The average Bonchev–Trinajstić information content (AvgIpc) is 3.24. The first-order chi connectivity index (χ1) is 10.3. The third-order valence-corrected chi connectivity index (χ3v) is 3.73. The second kappa shape index (κ2) is 6.32. The normalized spacial score (nSPS) is 10.5. The summed E-state index contributed by atoms with van der Waals surface area (Å²) in [5.41, 5.74) is 0. The molecule has 108 valence electrons. The van der Waals surface area contributed by atoms with Crippen molar-refractivity contribution in [2.24, 2.45) is 0 Å². The first-order valence-corrected chi connectivity index (χ1v) is 7.36. The van der Waals surface area contributed by atoms with E-state index in [4.69, 9.17) is 8.83 Å². The van der Waals surface area contributed by atoms with E-state index in [1.807, 2.05) is 35.7 Å². The first kappa shape index (κ1) is 13.5. The van der Waals surface area contributed by atoms with E-state index in [0.717, 1.165) is 4.88 Å². The minimum atomic E-state index is -0.223. The Balaban J connectivity index is 1.47. The summed E-state index contributed by atoms with van der Waals surface area (Å²) in [6.45, 7) is 0.857. The van der Waals surface area contributed by atoms with Crippen LogP contribution in [0.5, 0.6) is 0 Å². The Bertz CT molecular complexity index is 686. The van der Waals surface area contributed by atoms with Gasteiger partial charge in [0.2, 0.25) is 0 Å². The lowest BCUT2D eigenvalue weighted by atomic mass is 10.3. The van der Waals surface area contributed by atoms with E-state index in [-0.39, 0.29) is 6.03 Å². The summed E-state index contributed by atoms with van der Waals surface area (Å²) in [5.74, 6) is 1.99. The minimum absolute atomic E-state index is 0.223. The first-order valence-electron chi connectivity index (χ1n) is 6.48. The number of furan rings is 2. The van der Waals surface area contributed by atoms with Gasteiger partial charge in [0.25, 0.3) is 0 Å². The van der Waals surface area contributed by atoms with E-state index in [2.05, 4.69) is 10.6 Å². The molecule has 3 aromatic heterocycles. The molecule has 0 saturated heterocycles. The maximum atomic E-state index is 11.7. The van der Waals surface area contributed by atoms with Crippen LogP contribution in [-0.4, -0.2) is 6.03 Å². The van der Waals surface area contributed by atoms with E-state index in [1.165, 1.54) is 0 Å². The molecule has 0 saturated carbocycles. The van der Waals surface area contributed by atoms with Crippen molar-refractivity contribution in [3.05, 3.63) is 58.7 Å². The lowest BCUT2D eigenvalue weighted by molar-refractivity contribution is 0.239. The van der Waals surface area contributed by atoms with E-state index in [1.54, 1.807) is 23.7 Å². The molecule has 3 aromatic rings. The zero-order valence-electron chi connectivity index (χ0n) is 11.2. The molecule has 3 heterocycles. The van der Waals surface area contributed by atoms with Gasteiger partial charge in [-0.1, -0.05) is 6.07 Å². The Morgan fingerprint density at radius 2 is 1.95 bits per heavy atom. The van der Waals surface area contributed by atoms with Crippen LogP contribution in [0.1, 0.15) is 10.6 Å². The summed E-state index contributed by atoms with van der Waals surface area (Å²) in [5, 5.41) is 7.52. The molecular formula is C15H14N2O3S. The minimum Gasteiger partial charge on any atom is -0.461 e. The fourth-order valence-corrected chi connectivity index (χ4v) is 2.48. The van der Waals surface area contributed by atoms with Crippen LogP contribution < -0.4 is 10.6 Å². The van der Waals surface area contributed by atoms with Gasteiger partial charge in [0.1, 0.15) is 5.76 Å². The van der Waals surface area contributed by atoms with Crippen LogP contribution in [0.2, 0.25) is 0 Å². The van der Waals surface area contributed by atoms with E-state index in [0.29, 0.717) is 30.4 Å². The van der Waals surface area contributed by atoms with Gasteiger partial charge < -0.3 is 19.5 Å². The number of thiophene rings is 1. The van der Waals surface area contributed by atoms with Gasteiger partial charge in [0.15, 0.2) is 11.5 Å². The van der Waals surface area contributed by atoms with E-state index >= 15 is 0 Å². The molecule has 2 N–H and O–H groups in total. The van der Waals surface area contributed by atoms with Crippen molar-refractivity contribution in [2.45, 2.75) is 13.1 Å². The predicted octanol–water partition coefficient (Wildman–Crippen LogP) is 3.60. The van der Waals surface area contributed by atoms with Crippen LogP contribution >= 0.6 is 11.3 Å². The van der Waals surface area contributed by atoms with Gasteiger partial charge in [0, 0.05) is 4.88 Å². The van der Waals surface area contributed by atoms with Gasteiger partial charge in [-0.05, 0) is 35.7 Å². The predicted molar refractivity (Wildman–Crippen MR) is 79.8 cm³/mol. The maximum absolute atomic E-state index is 11.7. The van der Waals surface area contributed by atoms with Gasteiger partial charge in [-0.3, -0.25) is 0 Å². The van der Waals surface area contributed by atoms with Gasteiger partial charge in [-0.25, -0.2) is 4.79 Å². The van der Waals surface area contributed by atoms with Gasteiger partial charge in [-0.15, -0.1) is 11.3 Å². The molecule has 0 fully saturated rings. The fraction of sp³-hybridized carbons (Fsp3) is 0.133. The summed E-state index contributed by atoms with van der Waals surface area (Å²) < 4.78 is 10.8. The molecule has 0 spiro atoms. The second-order valence-corrected chi connectivity index (χ2v) is 5.39. The van der Waals surface area contributed by atoms with Crippen LogP contribution in [-0.2, 0) is 13.1 Å². The average molecular weight is 302 g/mol. The van der Waals surface area contributed by atoms with Crippen molar-refractivity contribution in [1.82, 2.24) is 10.6 Å². The van der Waals surface area contributed by atoms with Gasteiger partial charge in [0.05, 0.1) is 19.4 Å². The van der Waals surface area contributed by atoms with Crippen LogP contribution in [0.4, 0.5) is 4.79 Å². The molecule has 0 aliphatic heterocycles. The summed E-state index contributed by atoms with van der Waals surface area (Å²) >= 11 is 1.61. The number of amides is 2. The SMILES string of the molecule is O=C(NCc1ccc(-c2ccco2)o1)NCc1cccs1. The number of nitrogens with one attached hydrogen (secondary N) is 2. The lowest BCUT2D eigenvalue weighted by Gasteiger charge is -2.05. The molecule has 0 aliphatic carbocycles. The monoisotopic (exact) mass is 302 g/mol. The number of carbonyl (C=O) groups is 1. The number of rotatable bonds is 5. The molecule has 0 radical (unpaired) electrons. The van der Waals surface area contributed by atoms with Crippen molar-refractivity contribution in [3.63, 3.8) is 0 Å². The second-order valence-electron chi connectivity index (χ2n) is 4.36. The molecular weight excluding hydrogens is 288 g/mol. The van der Waals surface area contributed by atoms with Crippen LogP contribution in [0.3, 0.4) is 0 Å². The van der Waals surface area contributed by atoms with Crippen LogP contribution in [0, 0.1) is 0 Å². The van der Waals surface area contributed by atoms with Gasteiger partial charge in [-0.2, -0.15) is 0 Å². The van der Waals surface area contributed by atoms with E-state index < -0.39 is 0 Å². The standard InChI is InChI=1S/C15H14N2O3S/c18-15(17-10-12-3-2-8-21-12)16-9-11-5-6-14(20-11)13-4-1-7-19-13/h1-8H,9-10H2,(H2,16,17,18). The molecule has 3 rings (SSSR count). The van der Waals surface area contributed by atoms with Crippen molar-refractivity contribution < 1.29 is 13.6 Å². The highest BCUT2D eigenvalue weighted by Crippen LogP contribution is 2.22. The zero-order valence-corrected chi connectivity index (χ0v) is 12.0. The molecule has 2 amide bonds. The van der Waals surface area contributed by atoms with Crippen molar-refractivity contribution in [2.75, 3.05) is 0 Å². The Morgan fingerprint density at radius 1 is 1.05 bits per heavy atom. The summed E-state index contributed by atoms with van der Waals surface area (Å²) in [7, 11) is 0. The third kappa shape index (κ3) is 3.55. The van der Waals surface area contributed by atoms with Gasteiger partial charge >= 0.3 is 6.03 Å². The van der Waals surface area contributed by atoms with Crippen molar-refractivity contribution in [1.29, 1.82) is 0 Å². The quantitative estimate of drug-likeness (QED) is 0.756. The molecule has 0 aromatic carbocycles. The van der Waals surface area contributed by atoms with E-state index in [9.17, 15) is 4.79 Å². The smallest absolute Gasteiger partial charge is 0.315 e. The Morgan fingerprint density at radius 3 is 2.71 bits per heavy atom. The highest BCUT2D eigenvalue weighted by Gasteiger charge is 2.08. The lowest BCUT2D eigenvalue weighted by Crippen LogP contribution is -2.34. The topological polar surface area (TPSA) is 67.4 Å². The third-order valence-electron chi connectivity index (χ3n) is 2.85. The number of carbonyl (C=O) groups excluding carboxylic acids is 1. The number of hydrogen-bond acceptors (Lipinski definition) is 4. The summed E-state index contributed by atoms with van der Waals surface area (Å²) in [6, 6.07) is 11.0. The van der Waals surface area contributed by atoms with Crippen LogP contribution in [0.15, 0.2) is 56.9 Å². The molecule has 6 heteroatoms. The fourth-order valence-electron chi connectivity index (χ4n) is 1.83. The maximum Gasteiger partial charge on any atom is 0.315 e. The zero-order chi connectivity index (χ0) is 14.5. The summed E-state index contributed by atoms with van der Waals surface area (Å²) in [6.07, 6.45) is 1.59. The summed E-state index contributed by atoms with van der Waals surface area (Å²) in [4.78, 5) is 12.8. The molecule has 0 unspecified atom stereocenters. The largest absolute Gasteiger partial charge is 0.461 e. The molecule has 0 atom stereocenters. The molecule has 0 bridgehead atoms. The van der Waals surface area contributed by atoms with Crippen molar-refractivity contribution >= 4 is 17.4 Å². The Labute approximate surface area is 125 Å². The van der Waals surface area contributed by atoms with Crippen LogP contribution in [0.25, 0.3) is 11.5 Å². The molecule has 5 nitrogen and oxygen atoms in total. The Kier molecular flexibility index (Phi) is 4.07.